The van der Waals surface area contributed by atoms with E-state index in [2.05, 4.69) is 46.5 Å². The number of aromatic nitrogens is 5. The second-order valence-electron chi connectivity index (χ2n) is 8.81. The monoisotopic (exact) mass is 438 g/mol. The normalized spacial score (nSPS) is 17.3. The number of halogens is 1. The molecule has 8 heteroatoms. The van der Waals surface area contributed by atoms with Crippen LogP contribution in [0.4, 0.5) is 0 Å². The van der Waals surface area contributed by atoms with Crippen LogP contribution in [0.1, 0.15) is 76.3 Å². The molecule has 7 nitrogen and oxygen atoms in total. The van der Waals surface area contributed by atoms with Crippen LogP contribution < -0.4 is 0 Å². The number of benzene rings is 1. The number of hydrogen-bond acceptors (Lipinski definition) is 4. The Hall–Kier alpha value is -2.67. The first-order chi connectivity index (χ1) is 15.0. The molecule has 1 amide bonds. The van der Waals surface area contributed by atoms with Crippen molar-refractivity contribution in [1.29, 1.82) is 0 Å². The summed E-state index contributed by atoms with van der Waals surface area (Å²) in [4.78, 5) is 19.8. The summed E-state index contributed by atoms with van der Waals surface area (Å²) in [6.07, 6.45) is 4.14. The average Bonchev–Trinajstić information content (AvgIpc) is 3.44. The van der Waals surface area contributed by atoms with E-state index in [-0.39, 0.29) is 5.91 Å². The van der Waals surface area contributed by atoms with Crippen molar-refractivity contribution in [3.8, 4) is 0 Å². The minimum atomic E-state index is -0.0349. The van der Waals surface area contributed by atoms with Gasteiger partial charge in [0.05, 0.1) is 17.8 Å². The lowest BCUT2D eigenvalue weighted by Gasteiger charge is -2.31. The Bertz CT molecular complexity index is 1090. The zero-order valence-electron chi connectivity index (χ0n) is 17.9. The van der Waals surface area contributed by atoms with Gasteiger partial charge < -0.3 is 4.90 Å². The maximum Gasteiger partial charge on any atom is 0.258 e. The zero-order chi connectivity index (χ0) is 21.5. The van der Waals surface area contributed by atoms with Crippen molar-refractivity contribution in [2.75, 3.05) is 13.1 Å². The Morgan fingerprint density at radius 2 is 1.81 bits per heavy atom. The summed E-state index contributed by atoms with van der Waals surface area (Å²) in [6.45, 7) is 5.82. The lowest BCUT2D eigenvalue weighted by Crippen LogP contribution is -2.38. The molecule has 3 aromatic rings. The van der Waals surface area contributed by atoms with E-state index in [1.807, 2.05) is 11.8 Å². The van der Waals surface area contributed by atoms with Gasteiger partial charge in [-0.05, 0) is 45.1 Å². The van der Waals surface area contributed by atoms with Gasteiger partial charge in [0, 0.05) is 24.9 Å². The first-order valence-electron chi connectivity index (χ1n) is 11.0. The molecule has 2 aliphatic rings. The summed E-state index contributed by atoms with van der Waals surface area (Å²) in [5.74, 6) is 2.76. The van der Waals surface area contributed by atoms with Crippen LogP contribution >= 0.6 is 11.6 Å². The first kappa shape index (κ1) is 20.2. The molecule has 0 bridgehead atoms. The lowest BCUT2D eigenvalue weighted by atomic mass is 9.95. The largest absolute Gasteiger partial charge is 0.338 e. The molecular weight excluding hydrogens is 412 g/mol. The number of nitrogens with one attached hydrogen (secondary N) is 1. The fourth-order valence-electron chi connectivity index (χ4n) is 4.28. The van der Waals surface area contributed by atoms with Gasteiger partial charge in [0.2, 0.25) is 0 Å². The highest BCUT2D eigenvalue weighted by atomic mass is 35.5. The van der Waals surface area contributed by atoms with Crippen molar-refractivity contribution in [2.24, 2.45) is 0 Å². The lowest BCUT2D eigenvalue weighted by molar-refractivity contribution is 0.0710. The number of piperidine rings is 1. The van der Waals surface area contributed by atoms with Crippen LogP contribution in [0.25, 0.3) is 0 Å². The molecule has 0 spiro atoms. The quantitative estimate of drug-likeness (QED) is 0.646. The number of rotatable bonds is 5. The summed E-state index contributed by atoms with van der Waals surface area (Å²) in [6, 6.07) is 8.26. The number of carbonyl (C=O) groups is 1. The number of likely N-dealkylation sites (tertiary alicyclic amines) is 1. The van der Waals surface area contributed by atoms with Gasteiger partial charge in [0.1, 0.15) is 11.0 Å². The summed E-state index contributed by atoms with van der Waals surface area (Å²) in [5.41, 5.74) is 3.50. The topological polar surface area (TPSA) is 79.7 Å². The molecule has 0 radical (unpaired) electrons. The molecule has 162 valence electrons. The summed E-state index contributed by atoms with van der Waals surface area (Å²) >= 11 is 6.62. The fourth-order valence-corrected chi connectivity index (χ4v) is 4.59. The number of H-pyrrole nitrogens is 1. The average molecular weight is 439 g/mol. The number of amides is 1. The smallest absolute Gasteiger partial charge is 0.258 e. The van der Waals surface area contributed by atoms with Crippen LogP contribution in [-0.2, 0) is 6.54 Å². The number of aryl methyl sites for hydroxylation is 2. The zero-order valence-corrected chi connectivity index (χ0v) is 18.7. The second-order valence-corrected chi connectivity index (χ2v) is 9.17. The molecule has 1 aliphatic carbocycles. The molecule has 2 fully saturated rings. The molecule has 1 saturated carbocycles. The van der Waals surface area contributed by atoms with E-state index in [0.717, 1.165) is 30.1 Å². The molecule has 31 heavy (non-hydrogen) atoms. The van der Waals surface area contributed by atoms with Crippen LogP contribution in [0.15, 0.2) is 24.3 Å². The summed E-state index contributed by atoms with van der Waals surface area (Å²) in [5, 5.41) is 12.5. The third-order valence-electron chi connectivity index (χ3n) is 6.36. The Balaban J connectivity index is 1.25. The molecule has 1 aromatic carbocycles. The number of hydrogen-bond donors (Lipinski definition) is 1. The highest BCUT2D eigenvalue weighted by molar-refractivity contribution is 6.33. The standard InChI is InChI=1S/C23H27ClN6O/c1-14-3-5-16(6-4-14)13-30-20(24)19(15(2)28-30)23(31)29-11-9-18(10-12-29)22-25-21(26-27-22)17-7-8-17/h3-6,17-18H,7-13H2,1-2H3,(H,25,26,27). The van der Waals surface area contributed by atoms with Gasteiger partial charge in [-0.25, -0.2) is 9.67 Å². The first-order valence-corrected chi connectivity index (χ1v) is 11.4. The Labute approximate surface area is 186 Å². The Kier molecular flexibility index (Phi) is 5.30. The van der Waals surface area contributed by atoms with E-state index >= 15 is 0 Å². The van der Waals surface area contributed by atoms with Crippen LogP contribution in [0.2, 0.25) is 5.15 Å². The van der Waals surface area contributed by atoms with Gasteiger partial charge in [-0.1, -0.05) is 41.4 Å². The van der Waals surface area contributed by atoms with Gasteiger partial charge >= 0.3 is 0 Å². The van der Waals surface area contributed by atoms with Crippen molar-refractivity contribution in [3.63, 3.8) is 0 Å². The van der Waals surface area contributed by atoms with Gasteiger partial charge in [0.25, 0.3) is 5.91 Å². The summed E-state index contributed by atoms with van der Waals surface area (Å²) < 4.78 is 1.72. The number of aromatic amines is 1. The van der Waals surface area contributed by atoms with Gasteiger partial charge in [-0.15, -0.1) is 0 Å². The molecule has 0 atom stereocenters. The molecule has 0 unspecified atom stereocenters. The van der Waals surface area contributed by atoms with E-state index in [4.69, 9.17) is 16.6 Å². The molecule has 5 rings (SSSR count). The van der Waals surface area contributed by atoms with Crippen LogP contribution in [0, 0.1) is 13.8 Å². The van der Waals surface area contributed by atoms with E-state index in [0.29, 0.717) is 47.9 Å². The van der Waals surface area contributed by atoms with Gasteiger partial charge in [-0.2, -0.15) is 10.2 Å². The van der Waals surface area contributed by atoms with Crippen molar-refractivity contribution < 1.29 is 4.79 Å². The third-order valence-corrected chi connectivity index (χ3v) is 6.75. The van der Waals surface area contributed by atoms with Gasteiger partial charge in [0.15, 0.2) is 5.82 Å². The minimum absolute atomic E-state index is 0.0349. The molecule has 1 saturated heterocycles. The SMILES string of the molecule is Cc1ccc(Cn2nc(C)c(C(=O)N3CCC(c4nc(C5CC5)n[nH]4)CC3)c2Cl)cc1. The predicted molar refractivity (Wildman–Crippen MR) is 118 cm³/mol. The molecular formula is C23H27ClN6O. The highest BCUT2D eigenvalue weighted by Crippen LogP contribution is 2.38. The number of carbonyl (C=O) groups excluding carboxylic acids is 1. The van der Waals surface area contributed by atoms with Gasteiger partial charge in [-0.3, -0.25) is 9.89 Å². The highest BCUT2D eigenvalue weighted by Gasteiger charge is 2.32. The third kappa shape index (κ3) is 4.11. The van der Waals surface area contributed by atoms with E-state index in [1.165, 1.54) is 18.4 Å². The predicted octanol–water partition coefficient (Wildman–Crippen LogP) is 4.22. The Morgan fingerprint density at radius 1 is 1.10 bits per heavy atom. The van der Waals surface area contributed by atoms with Crippen molar-refractivity contribution >= 4 is 17.5 Å². The van der Waals surface area contributed by atoms with E-state index in [1.54, 1.807) is 4.68 Å². The van der Waals surface area contributed by atoms with Crippen molar-refractivity contribution in [3.05, 3.63) is 63.5 Å². The Morgan fingerprint density at radius 3 is 2.48 bits per heavy atom. The second kappa shape index (κ2) is 8.11. The fraction of sp³-hybridized carbons (Fsp3) is 0.478. The summed E-state index contributed by atoms with van der Waals surface area (Å²) in [7, 11) is 0. The molecule has 1 N–H and O–H groups in total. The maximum atomic E-state index is 13.2. The molecule has 1 aliphatic heterocycles. The van der Waals surface area contributed by atoms with Crippen LogP contribution in [-0.4, -0.2) is 48.9 Å². The minimum Gasteiger partial charge on any atom is -0.338 e. The number of nitrogens with zero attached hydrogens (tertiary/aromatic N) is 5. The molecule has 2 aromatic heterocycles. The van der Waals surface area contributed by atoms with E-state index in [9.17, 15) is 4.79 Å². The van der Waals surface area contributed by atoms with E-state index < -0.39 is 0 Å². The van der Waals surface area contributed by atoms with Crippen molar-refractivity contribution in [1.82, 2.24) is 29.9 Å². The van der Waals surface area contributed by atoms with Crippen molar-refractivity contribution in [2.45, 2.75) is 57.9 Å². The van der Waals surface area contributed by atoms with Crippen LogP contribution in [0.5, 0.6) is 0 Å². The van der Waals surface area contributed by atoms with Crippen LogP contribution in [0.3, 0.4) is 0 Å². The molecule has 3 heterocycles. The maximum absolute atomic E-state index is 13.2.